The van der Waals surface area contributed by atoms with Gasteiger partial charge in [0.2, 0.25) is 5.90 Å². The molecule has 0 spiro atoms. The zero-order valence-electron chi connectivity index (χ0n) is 7.54. The number of hydrogen-bond acceptors (Lipinski definition) is 6. The molecule has 76 valence electrons. The molecule has 1 rings (SSSR count). The Morgan fingerprint density at radius 2 is 2.07 bits per heavy atom. The van der Waals surface area contributed by atoms with Crippen LogP contribution in [0.4, 0.5) is 11.6 Å². The second-order valence-electron chi connectivity index (χ2n) is 2.40. The van der Waals surface area contributed by atoms with E-state index in [1.54, 1.807) is 6.92 Å². The van der Waals surface area contributed by atoms with Crippen molar-refractivity contribution in [3.05, 3.63) is 10.8 Å². The van der Waals surface area contributed by atoms with Crippen molar-refractivity contribution in [1.29, 1.82) is 5.41 Å². The maximum Gasteiger partial charge on any atom is 0.236 e. The predicted octanol–water partition coefficient (Wildman–Crippen LogP) is 0.656. The van der Waals surface area contributed by atoms with Gasteiger partial charge in [-0.2, -0.15) is 0 Å². The number of aromatic nitrogens is 2. The molecule has 0 amide bonds. The van der Waals surface area contributed by atoms with Crippen LogP contribution in [-0.4, -0.2) is 22.5 Å². The van der Waals surface area contributed by atoms with E-state index in [0.717, 1.165) is 0 Å². The molecule has 0 aliphatic rings. The van der Waals surface area contributed by atoms with Crippen LogP contribution in [-0.2, 0) is 4.74 Å². The minimum Gasteiger partial charge on any atom is -0.477 e. The fourth-order valence-electron chi connectivity index (χ4n) is 0.821. The second-order valence-corrected chi connectivity index (χ2v) is 2.75. The molecule has 6 nitrogen and oxygen atoms in total. The zero-order valence-corrected chi connectivity index (χ0v) is 8.30. The molecule has 0 aliphatic heterocycles. The van der Waals surface area contributed by atoms with Crippen molar-refractivity contribution < 1.29 is 4.74 Å². The molecular weight excluding hydrogens is 206 g/mol. The topological polar surface area (TPSA) is 111 Å². The third-order valence-corrected chi connectivity index (χ3v) is 1.69. The van der Waals surface area contributed by atoms with E-state index < -0.39 is 0 Å². The first-order valence-corrected chi connectivity index (χ1v) is 4.24. The fraction of sp³-hybridized carbons (Fsp3) is 0.286. The highest BCUT2D eigenvalue weighted by Gasteiger charge is 2.13. The Labute approximate surface area is 85.7 Å². The van der Waals surface area contributed by atoms with Crippen LogP contribution in [0.3, 0.4) is 0 Å². The molecule has 0 aliphatic carbocycles. The van der Waals surface area contributed by atoms with E-state index in [4.69, 9.17) is 33.2 Å². The summed E-state index contributed by atoms with van der Waals surface area (Å²) >= 11 is 5.62. The maximum atomic E-state index is 7.43. The number of nitrogen functional groups attached to an aromatic ring is 2. The number of nitrogens with two attached hydrogens (primary N) is 2. The number of nitrogens with one attached hydrogen (secondary N) is 1. The third kappa shape index (κ3) is 2.02. The van der Waals surface area contributed by atoms with Gasteiger partial charge in [-0.3, -0.25) is 5.41 Å². The summed E-state index contributed by atoms with van der Waals surface area (Å²) in [5.41, 5.74) is 11.0. The van der Waals surface area contributed by atoms with E-state index in [1.165, 1.54) is 0 Å². The molecule has 1 aromatic heterocycles. The monoisotopic (exact) mass is 215 g/mol. The van der Waals surface area contributed by atoms with Crippen LogP contribution in [0.25, 0.3) is 0 Å². The first-order chi connectivity index (χ1) is 6.56. The van der Waals surface area contributed by atoms with E-state index in [9.17, 15) is 0 Å². The van der Waals surface area contributed by atoms with Gasteiger partial charge in [0.15, 0.2) is 22.5 Å². The first-order valence-electron chi connectivity index (χ1n) is 3.86. The molecule has 0 saturated heterocycles. The maximum absolute atomic E-state index is 7.43. The molecule has 5 N–H and O–H groups in total. The van der Waals surface area contributed by atoms with Crippen molar-refractivity contribution >= 4 is 29.1 Å². The van der Waals surface area contributed by atoms with Crippen LogP contribution >= 0.6 is 11.6 Å². The van der Waals surface area contributed by atoms with Crippen molar-refractivity contribution in [2.24, 2.45) is 0 Å². The molecule has 0 fully saturated rings. The molecular formula is C7H10ClN5O. The number of rotatable bonds is 2. The number of halogens is 1. The summed E-state index contributed by atoms with van der Waals surface area (Å²) in [6.45, 7) is 2.10. The summed E-state index contributed by atoms with van der Waals surface area (Å²) in [4.78, 5) is 7.51. The van der Waals surface area contributed by atoms with Crippen molar-refractivity contribution in [2.45, 2.75) is 6.92 Å². The molecule has 1 heterocycles. The quantitative estimate of drug-likeness (QED) is 0.496. The van der Waals surface area contributed by atoms with Gasteiger partial charge in [0, 0.05) is 0 Å². The average molecular weight is 216 g/mol. The van der Waals surface area contributed by atoms with Crippen LogP contribution in [0.5, 0.6) is 0 Å². The Morgan fingerprint density at radius 1 is 1.43 bits per heavy atom. The van der Waals surface area contributed by atoms with Crippen molar-refractivity contribution in [3.63, 3.8) is 0 Å². The van der Waals surface area contributed by atoms with E-state index >= 15 is 0 Å². The summed E-state index contributed by atoms with van der Waals surface area (Å²) < 4.78 is 4.90. The molecule has 0 bridgehead atoms. The minimum absolute atomic E-state index is 0.0126. The smallest absolute Gasteiger partial charge is 0.236 e. The first kappa shape index (κ1) is 10.5. The van der Waals surface area contributed by atoms with Gasteiger partial charge in [-0.15, -0.1) is 0 Å². The Balaban J connectivity index is 3.09. The van der Waals surface area contributed by atoms with Gasteiger partial charge in [0.05, 0.1) is 6.61 Å². The van der Waals surface area contributed by atoms with E-state index in [1.807, 2.05) is 0 Å². The van der Waals surface area contributed by atoms with Crippen molar-refractivity contribution in [2.75, 3.05) is 18.1 Å². The lowest BCUT2D eigenvalue weighted by Gasteiger charge is -2.07. The summed E-state index contributed by atoms with van der Waals surface area (Å²) in [5, 5.41) is 7.45. The third-order valence-electron chi connectivity index (χ3n) is 1.41. The minimum atomic E-state index is -0.167. The normalized spacial score (nSPS) is 9.86. The molecule has 0 radical (unpaired) electrons. The van der Waals surface area contributed by atoms with Crippen LogP contribution in [0.15, 0.2) is 0 Å². The number of nitrogens with zero attached hydrogens (tertiary/aromatic N) is 2. The lowest BCUT2D eigenvalue weighted by molar-refractivity contribution is 0.324. The van der Waals surface area contributed by atoms with E-state index in [0.29, 0.717) is 6.61 Å². The molecule has 0 atom stereocenters. The SMILES string of the molecule is CCOC(=N)c1nc(Cl)c(N)nc1N. The van der Waals surface area contributed by atoms with Crippen molar-refractivity contribution in [3.8, 4) is 0 Å². The molecule has 0 saturated carbocycles. The standard InChI is InChI=1S/C7H10ClN5O/c1-2-14-7(11)3-5(9)13-6(10)4(8)12-3/h11H,2H2,1H3,(H4,9,10,13). The van der Waals surface area contributed by atoms with Crippen molar-refractivity contribution in [1.82, 2.24) is 9.97 Å². The number of ether oxygens (including phenoxy) is 1. The van der Waals surface area contributed by atoms with E-state index in [-0.39, 0.29) is 28.4 Å². The van der Waals surface area contributed by atoms with Gasteiger partial charge in [-0.05, 0) is 6.92 Å². The molecule has 7 heteroatoms. The van der Waals surface area contributed by atoms with E-state index in [2.05, 4.69) is 9.97 Å². The highest BCUT2D eigenvalue weighted by molar-refractivity contribution is 6.31. The van der Waals surface area contributed by atoms with Crippen LogP contribution in [0.2, 0.25) is 5.15 Å². The van der Waals surface area contributed by atoms with Gasteiger partial charge >= 0.3 is 0 Å². The Kier molecular flexibility index (Phi) is 3.08. The summed E-state index contributed by atoms with van der Waals surface area (Å²) in [6, 6.07) is 0. The Morgan fingerprint density at radius 3 is 2.64 bits per heavy atom. The fourth-order valence-corrected chi connectivity index (χ4v) is 0.948. The highest BCUT2D eigenvalue weighted by Crippen LogP contribution is 2.17. The van der Waals surface area contributed by atoms with Gasteiger partial charge in [-0.25, -0.2) is 9.97 Å². The highest BCUT2D eigenvalue weighted by atomic mass is 35.5. The number of hydrogen-bond donors (Lipinski definition) is 3. The molecule has 0 aromatic carbocycles. The average Bonchev–Trinajstić information content (AvgIpc) is 2.11. The molecule has 14 heavy (non-hydrogen) atoms. The van der Waals surface area contributed by atoms with Crippen LogP contribution < -0.4 is 11.5 Å². The predicted molar refractivity (Wildman–Crippen MR) is 54.3 cm³/mol. The second kappa shape index (κ2) is 4.10. The Bertz CT molecular complexity index is 367. The molecule has 1 aromatic rings. The summed E-state index contributed by atoms with van der Waals surface area (Å²) in [6.07, 6.45) is 0. The van der Waals surface area contributed by atoms with Gasteiger partial charge < -0.3 is 16.2 Å². The lowest BCUT2D eigenvalue weighted by atomic mass is 10.4. The largest absolute Gasteiger partial charge is 0.477 e. The Hall–Kier alpha value is -1.56. The summed E-state index contributed by atoms with van der Waals surface area (Å²) in [5.74, 6) is -0.0954. The van der Waals surface area contributed by atoms with Crippen LogP contribution in [0, 0.1) is 5.41 Å². The van der Waals surface area contributed by atoms with Gasteiger partial charge in [-0.1, -0.05) is 11.6 Å². The summed E-state index contributed by atoms with van der Waals surface area (Å²) in [7, 11) is 0. The number of anilines is 2. The molecule has 0 unspecified atom stereocenters. The lowest BCUT2D eigenvalue weighted by Crippen LogP contribution is -2.13. The van der Waals surface area contributed by atoms with Gasteiger partial charge in [0.1, 0.15) is 0 Å². The van der Waals surface area contributed by atoms with Crippen LogP contribution in [0.1, 0.15) is 12.6 Å². The van der Waals surface area contributed by atoms with Gasteiger partial charge in [0.25, 0.3) is 0 Å². The zero-order chi connectivity index (χ0) is 10.7.